The summed E-state index contributed by atoms with van der Waals surface area (Å²) >= 11 is 0. The topological polar surface area (TPSA) is 120 Å². The largest absolute Gasteiger partial charge is 0.449 e. The molecule has 0 aromatic heterocycles. The quantitative estimate of drug-likeness (QED) is 0.301. The Morgan fingerprint density at radius 2 is 2.08 bits per heavy atom. The molecule has 9 heteroatoms. The lowest BCUT2D eigenvalue weighted by molar-refractivity contribution is -0.384. The van der Waals surface area contributed by atoms with Crippen molar-refractivity contribution in [1.82, 2.24) is 5.32 Å². The number of ether oxygens (including phenoxy) is 2. The Labute approximate surface area is 139 Å². The van der Waals surface area contributed by atoms with Gasteiger partial charge in [-0.15, -0.1) is 0 Å². The van der Waals surface area contributed by atoms with E-state index in [-0.39, 0.29) is 16.9 Å². The molecule has 9 nitrogen and oxygen atoms in total. The van der Waals surface area contributed by atoms with E-state index < -0.39 is 22.9 Å². The molecule has 0 aliphatic heterocycles. The number of rotatable bonds is 9. The Balaban J connectivity index is 2.88. The van der Waals surface area contributed by atoms with Gasteiger partial charge < -0.3 is 20.1 Å². The molecule has 24 heavy (non-hydrogen) atoms. The summed E-state index contributed by atoms with van der Waals surface area (Å²) < 4.78 is 9.88. The second-order valence-electron chi connectivity index (χ2n) is 4.85. The zero-order valence-corrected chi connectivity index (χ0v) is 13.8. The molecule has 0 bridgehead atoms. The number of nitro benzene ring substituents is 1. The maximum atomic E-state index is 12.0. The number of esters is 1. The first-order chi connectivity index (χ1) is 11.4. The van der Waals surface area contributed by atoms with E-state index in [0.29, 0.717) is 19.7 Å². The average molecular weight is 339 g/mol. The minimum Gasteiger partial charge on any atom is -0.449 e. The van der Waals surface area contributed by atoms with Crippen molar-refractivity contribution < 1.29 is 24.0 Å². The van der Waals surface area contributed by atoms with E-state index in [1.54, 1.807) is 6.92 Å². The average Bonchev–Trinajstić information content (AvgIpc) is 2.55. The third-order valence-corrected chi connectivity index (χ3v) is 3.06. The summed E-state index contributed by atoms with van der Waals surface area (Å²) in [5.41, 5.74) is 0.00623. The van der Waals surface area contributed by atoms with Crippen LogP contribution in [-0.2, 0) is 14.3 Å². The van der Waals surface area contributed by atoms with Crippen LogP contribution in [0.4, 0.5) is 11.4 Å². The minimum absolute atomic E-state index is 0.00450. The number of likely N-dealkylation sites (N-methyl/N-ethyl adjacent to an activating group) is 1. The number of nitrogens with one attached hydrogen (secondary N) is 2. The van der Waals surface area contributed by atoms with Gasteiger partial charge in [-0.2, -0.15) is 0 Å². The van der Waals surface area contributed by atoms with Gasteiger partial charge in [0, 0.05) is 26.3 Å². The highest BCUT2D eigenvalue weighted by Gasteiger charge is 2.22. The van der Waals surface area contributed by atoms with E-state index in [0.717, 1.165) is 6.07 Å². The van der Waals surface area contributed by atoms with Gasteiger partial charge in [-0.25, -0.2) is 4.79 Å². The number of amides is 1. The molecule has 0 fully saturated rings. The van der Waals surface area contributed by atoms with Crippen LogP contribution in [-0.4, -0.2) is 49.7 Å². The number of carbonyl (C=O) groups excluding carboxylic acids is 2. The van der Waals surface area contributed by atoms with Crippen LogP contribution in [0.15, 0.2) is 18.2 Å². The summed E-state index contributed by atoms with van der Waals surface area (Å²) in [4.78, 5) is 34.2. The number of hydrogen-bond donors (Lipinski definition) is 2. The standard InChI is InChI=1S/C15H21N3O6/c1-4-16-14(19)10(2)24-15(20)11-5-6-12(17-7-8-23-3)13(9-11)18(21)22/h5-6,9-10,17H,4,7-8H2,1-3H3,(H,16,19)/t10-/m0/s1. The monoisotopic (exact) mass is 339 g/mol. The molecular weight excluding hydrogens is 318 g/mol. The molecule has 0 unspecified atom stereocenters. The van der Waals surface area contributed by atoms with Crippen LogP contribution in [0.2, 0.25) is 0 Å². The molecule has 1 amide bonds. The number of nitro groups is 1. The van der Waals surface area contributed by atoms with Gasteiger partial charge in [-0.1, -0.05) is 0 Å². The van der Waals surface area contributed by atoms with Crippen LogP contribution in [0.25, 0.3) is 0 Å². The zero-order valence-electron chi connectivity index (χ0n) is 13.8. The fourth-order valence-corrected chi connectivity index (χ4v) is 1.85. The normalized spacial score (nSPS) is 11.5. The maximum Gasteiger partial charge on any atom is 0.339 e. The third kappa shape index (κ3) is 5.51. The molecule has 0 radical (unpaired) electrons. The highest BCUT2D eigenvalue weighted by atomic mass is 16.6. The molecule has 1 aromatic carbocycles. The molecular formula is C15H21N3O6. The van der Waals surface area contributed by atoms with Crippen molar-refractivity contribution in [3.8, 4) is 0 Å². The molecule has 0 aliphatic rings. The number of hydrogen-bond acceptors (Lipinski definition) is 7. The summed E-state index contributed by atoms with van der Waals surface area (Å²) in [5.74, 6) is -1.24. The van der Waals surface area contributed by atoms with Gasteiger partial charge in [0.1, 0.15) is 5.69 Å². The number of nitrogens with zero attached hydrogens (tertiary/aromatic N) is 1. The summed E-state index contributed by atoms with van der Waals surface area (Å²) in [6.45, 7) is 4.34. The third-order valence-electron chi connectivity index (χ3n) is 3.06. The molecule has 0 aliphatic carbocycles. The molecule has 0 heterocycles. The lowest BCUT2D eigenvalue weighted by Crippen LogP contribution is -2.35. The Hall–Kier alpha value is -2.68. The SMILES string of the molecule is CCNC(=O)[C@H](C)OC(=O)c1ccc(NCCOC)c([N+](=O)[O-])c1. The predicted octanol–water partition coefficient (Wildman–Crippen LogP) is 1.33. The maximum absolute atomic E-state index is 12.0. The predicted molar refractivity (Wildman–Crippen MR) is 87.0 cm³/mol. The van der Waals surface area contributed by atoms with E-state index in [4.69, 9.17) is 9.47 Å². The van der Waals surface area contributed by atoms with Gasteiger partial charge in [0.05, 0.1) is 17.1 Å². The Kier molecular flexibility index (Phi) is 7.63. The fourth-order valence-electron chi connectivity index (χ4n) is 1.85. The van der Waals surface area contributed by atoms with Crippen LogP contribution in [0.1, 0.15) is 24.2 Å². The van der Waals surface area contributed by atoms with Crippen LogP contribution in [0, 0.1) is 10.1 Å². The molecule has 0 saturated heterocycles. The number of carbonyl (C=O) groups is 2. The summed E-state index contributed by atoms with van der Waals surface area (Å²) in [5, 5.41) is 16.5. The van der Waals surface area contributed by atoms with Crippen molar-refractivity contribution in [3.05, 3.63) is 33.9 Å². The lowest BCUT2D eigenvalue weighted by Gasteiger charge is -2.13. The van der Waals surface area contributed by atoms with Gasteiger partial charge >= 0.3 is 5.97 Å². The lowest BCUT2D eigenvalue weighted by atomic mass is 10.1. The van der Waals surface area contributed by atoms with Gasteiger partial charge in [0.15, 0.2) is 6.10 Å². The second kappa shape index (κ2) is 9.46. The molecule has 0 saturated carbocycles. The van der Waals surface area contributed by atoms with Gasteiger partial charge in [-0.3, -0.25) is 14.9 Å². The summed E-state index contributed by atoms with van der Waals surface area (Å²) in [7, 11) is 1.52. The van der Waals surface area contributed by atoms with Crippen molar-refractivity contribution >= 4 is 23.3 Å². The number of benzene rings is 1. The molecule has 0 spiro atoms. The second-order valence-corrected chi connectivity index (χ2v) is 4.85. The first-order valence-electron chi connectivity index (χ1n) is 7.40. The highest BCUT2D eigenvalue weighted by molar-refractivity contribution is 5.93. The van der Waals surface area contributed by atoms with Crippen LogP contribution >= 0.6 is 0 Å². The smallest absolute Gasteiger partial charge is 0.339 e. The van der Waals surface area contributed by atoms with Crippen molar-refractivity contribution in [1.29, 1.82) is 0 Å². The van der Waals surface area contributed by atoms with E-state index in [9.17, 15) is 19.7 Å². The first kappa shape index (κ1) is 19.4. The number of methoxy groups -OCH3 is 1. The molecule has 1 aromatic rings. The Morgan fingerprint density at radius 1 is 1.38 bits per heavy atom. The van der Waals surface area contributed by atoms with E-state index in [1.807, 2.05) is 0 Å². The van der Waals surface area contributed by atoms with Crippen LogP contribution in [0.3, 0.4) is 0 Å². The number of anilines is 1. The highest BCUT2D eigenvalue weighted by Crippen LogP contribution is 2.26. The van der Waals surface area contributed by atoms with Crippen molar-refractivity contribution in [2.45, 2.75) is 20.0 Å². The van der Waals surface area contributed by atoms with Crippen LogP contribution < -0.4 is 10.6 Å². The minimum atomic E-state index is -0.990. The molecule has 1 rings (SSSR count). The Bertz CT molecular complexity index is 605. The van der Waals surface area contributed by atoms with Gasteiger partial charge in [0.25, 0.3) is 11.6 Å². The van der Waals surface area contributed by atoms with Gasteiger partial charge in [-0.05, 0) is 26.0 Å². The van der Waals surface area contributed by atoms with Crippen LogP contribution in [0.5, 0.6) is 0 Å². The van der Waals surface area contributed by atoms with Gasteiger partial charge in [0.2, 0.25) is 0 Å². The van der Waals surface area contributed by atoms with E-state index in [2.05, 4.69) is 10.6 Å². The summed E-state index contributed by atoms with van der Waals surface area (Å²) in [6.07, 6.45) is -0.990. The van der Waals surface area contributed by atoms with E-state index >= 15 is 0 Å². The molecule has 2 N–H and O–H groups in total. The molecule has 132 valence electrons. The van der Waals surface area contributed by atoms with Crippen molar-refractivity contribution in [3.63, 3.8) is 0 Å². The Morgan fingerprint density at radius 3 is 2.67 bits per heavy atom. The van der Waals surface area contributed by atoms with E-state index in [1.165, 1.54) is 26.2 Å². The van der Waals surface area contributed by atoms with Crippen molar-refractivity contribution in [2.24, 2.45) is 0 Å². The molecule has 1 atom stereocenters. The zero-order chi connectivity index (χ0) is 18.1. The fraction of sp³-hybridized carbons (Fsp3) is 0.467. The van der Waals surface area contributed by atoms with Crippen molar-refractivity contribution in [2.75, 3.05) is 32.1 Å². The summed E-state index contributed by atoms with van der Waals surface area (Å²) in [6, 6.07) is 3.93. The first-order valence-corrected chi connectivity index (χ1v) is 7.40.